The van der Waals surface area contributed by atoms with Gasteiger partial charge in [-0.1, -0.05) is 0 Å². The number of nitrogens with one attached hydrogen (secondary N) is 1. The van der Waals surface area contributed by atoms with Crippen LogP contribution in [0.2, 0.25) is 0 Å². The first-order chi connectivity index (χ1) is 7.58. The molecule has 4 nitrogen and oxygen atoms in total. The zero-order valence-corrected chi connectivity index (χ0v) is 10.5. The van der Waals surface area contributed by atoms with Crippen LogP contribution in [0.15, 0.2) is 22.7 Å². The van der Waals surface area contributed by atoms with Crippen LogP contribution < -0.4 is 10.1 Å². The predicted octanol–water partition coefficient (Wildman–Crippen LogP) is 2.56. The van der Waals surface area contributed by atoms with E-state index in [0.29, 0.717) is 11.4 Å². The Labute approximate surface area is 102 Å². The van der Waals surface area contributed by atoms with Crippen molar-refractivity contribution in [3.63, 3.8) is 0 Å². The maximum Gasteiger partial charge on any atom is 0.241 e. The Kier molecular flexibility index (Phi) is 4.32. The normalized spacial score (nSPS) is 11.4. The van der Waals surface area contributed by atoms with Gasteiger partial charge in [0.15, 0.2) is 0 Å². The number of carbonyl (C=O) groups excluding carboxylic acids is 1. The highest BCUT2D eigenvalue weighted by molar-refractivity contribution is 9.10. The van der Waals surface area contributed by atoms with Gasteiger partial charge < -0.3 is 10.1 Å². The minimum atomic E-state index is -0.672. The number of amides is 1. The standard InChI is InChI=1S/C11H11BrN2O2/c1-7(6-13)11(15)14-8-3-4-9(12)10(5-8)16-2/h3-5,7H,1-2H3,(H,14,15). The van der Waals surface area contributed by atoms with Gasteiger partial charge in [0, 0.05) is 11.8 Å². The van der Waals surface area contributed by atoms with Crippen molar-refractivity contribution in [1.82, 2.24) is 0 Å². The zero-order chi connectivity index (χ0) is 12.1. The summed E-state index contributed by atoms with van der Waals surface area (Å²) >= 11 is 3.31. The minimum absolute atomic E-state index is 0.327. The molecule has 0 spiro atoms. The Hall–Kier alpha value is -1.54. The van der Waals surface area contributed by atoms with Crippen molar-refractivity contribution in [1.29, 1.82) is 5.26 Å². The quantitative estimate of drug-likeness (QED) is 0.927. The average molecular weight is 283 g/mol. The SMILES string of the molecule is COc1cc(NC(=O)C(C)C#N)ccc1Br. The van der Waals surface area contributed by atoms with Crippen LogP contribution in [0.25, 0.3) is 0 Å². The van der Waals surface area contributed by atoms with E-state index in [0.717, 1.165) is 4.47 Å². The summed E-state index contributed by atoms with van der Waals surface area (Å²) in [6.45, 7) is 1.55. The van der Waals surface area contributed by atoms with Crippen LogP contribution in [-0.2, 0) is 4.79 Å². The molecule has 1 amide bonds. The summed E-state index contributed by atoms with van der Waals surface area (Å²) in [6, 6.07) is 7.06. The fourth-order valence-electron chi connectivity index (χ4n) is 1.05. The van der Waals surface area contributed by atoms with Crippen molar-refractivity contribution >= 4 is 27.5 Å². The maximum absolute atomic E-state index is 11.4. The van der Waals surface area contributed by atoms with Crippen LogP contribution in [0, 0.1) is 17.2 Å². The Morgan fingerprint density at radius 1 is 1.62 bits per heavy atom. The lowest BCUT2D eigenvalue weighted by Gasteiger charge is -2.09. The lowest BCUT2D eigenvalue weighted by molar-refractivity contribution is -0.117. The summed E-state index contributed by atoms with van der Waals surface area (Å²) in [5, 5.41) is 11.2. The summed E-state index contributed by atoms with van der Waals surface area (Å²) in [4.78, 5) is 11.4. The van der Waals surface area contributed by atoms with Crippen molar-refractivity contribution < 1.29 is 9.53 Å². The first-order valence-corrected chi connectivity index (χ1v) is 5.41. The van der Waals surface area contributed by atoms with E-state index in [1.54, 1.807) is 32.2 Å². The van der Waals surface area contributed by atoms with Crippen LogP contribution in [0.4, 0.5) is 5.69 Å². The second-order valence-electron chi connectivity index (χ2n) is 3.19. The third kappa shape index (κ3) is 2.97. The van der Waals surface area contributed by atoms with E-state index < -0.39 is 5.92 Å². The molecule has 1 rings (SSSR count). The fraction of sp³-hybridized carbons (Fsp3) is 0.273. The minimum Gasteiger partial charge on any atom is -0.495 e. The monoisotopic (exact) mass is 282 g/mol. The molecule has 1 atom stereocenters. The Morgan fingerprint density at radius 2 is 2.31 bits per heavy atom. The van der Waals surface area contributed by atoms with Crippen molar-refractivity contribution in [2.45, 2.75) is 6.92 Å². The number of hydrogen-bond donors (Lipinski definition) is 1. The van der Waals surface area contributed by atoms with E-state index in [1.807, 2.05) is 6.07 Å². The Morgan fingerprint density at radius 3 is 2.88 bits per heavy atom. The van der Waals surface area contributed by atoms with Crippen LogP contribution in [0.5, 0.6) is 5.75 Å². The summed E-state index contributed by atoms with van der Waals surface area (Å²) < 4.78 is 5.90. The Balaban J connectivity index is 2.83. The molecule has 0 aliphatic rings. The molecule has 5 heteroatoms. The average Bonchev–Trinajstić information content (AvgIpc) is 2.30. The van der Waals surface area contributed by atoms with Crippen LogP contribution in [0.1, 0.15) is 6.92 Å². The number of methoxy groups -OCH3 is 1. The highest BCUT2D eigenvalue weighted by atomic mass is 79.9. The zero-order valence-electron chi connectivity index (χ0n) is 8.95. The van der Waals surface area contributed by atoms with Gasteiger partial charge in [0.2, 0.25) is 5.91 Å². The van der Waals surface area contributed by atoms with Gasteiger partial charge in [-0.15, -0.1) is 0 Å². The molecule has 0 radical (unpaired) electrons. The van der Waals surface area contributed by atoms with Crippen molar-refractivity contribution in [2.75, 3.05) is 12.4 Å². The van der Waals surface area contributed by atoms with E-state index in [9.17, 15) is 4.79 Å². The number of hydrogen-bond acceptors (Lipinski definition) is 3. The van der Waals surface area contributed by atoms with Gasteiger partial charge in [-0.25, -0.2) is 0 Å². The highest BCUT2D eigenvalue weighted by Gasteiger charge is 2.12. The second kappa shape index (κ2) is 5.52. The maximum atomic E-state index is 11.4. The lowest BCUT2D eigenvalue weighted by atomic mass is 10.2. The molecule has 0 aliphatic carbocycles. The molecule has 1 unspecified atom stereocenters. The molecule has 0 heterocycles. The number of benzene rings is 1. The van der Waals surface area contributed by atoms with E-state index >= 15 is 0 Å². The van der Waals surface area contributed by atoms with Crippen LogP contribution in [0.3, 0.4) is 0 Å². The summed E-state index contributed by atoms with van der Waals surface area (Å²) in [7, 11) is 1.55. The van der Waals surface area contributed by atoms with Crippen LogP contribution in [-0.4, -0.2) is 13.0 Å². The van der Waals surface area contributed by atoms with Gasteiger partial charge in [-0.05, 0) is 35.0 Å². The molecule has 0 saturated carbocycles. The van der Waals surface area contributed by atoms with Crippen molar-refractivity contribution in [2.24, 2.45) is 5.92 Å². The molecule has 84 valence electrons. The third-order valence-corrected chi connectivity index (χ3v) is 2.66. The first-order valence-electron chi connectivity index (χ1n) is 4.62. The number of nitrogens with zero attached hydrogens (tertiary/aromatic N) is 1. The molecule has 0 fully saturated rings. The predicted molar refractivity (Wildman–Crippen MR) is 64.1 cm³/mol. The number of ether oxygens (including phenoxy) is 1. The van der Waals surface area contributed by atoms with Gasteiger partial charge in [0.1, 0.15) is 11.7 Å². The van der Waals surface area contributed by atoms with E-state index in [4.69, 9.17) is 10.00 Å². The van der Waals surface area contributed by atoms with Crippen molar-refractivity contribution in [3.8, 4) is 11.8 Å². The van der Waals surface area contributed by atoms with Gasteiger partial charge in [0.25, 0.3) is 0 Å². The smallest absolute Gasteiger partial charge is 0.241 e. The second-order valence-corrected chi connectivity index (χ2v) is 4.04. The lowest BCUT2D eigenvalue weighted by Crippen LogP contribution is -2.18. The van der Waals surface area contributed by atoms with Gasteiger partial charge in [-0.3, -0.25) is 4.79 Å². The number of rotatable bonds is 3. The Bertz CT molecular complexity index is 440. The van der Waals surface area contributed by atoms with E-state index in [-0.39, 0.29) is 5.91 Å². The summed E-state index contributed by atoms with van der Waals surface area (Å²) in [5.41, 5.74) is 0.604. The van der Waals surface area contributed by atoms with E-state index in [2.05, 4.69) is 21.2 Å². The van der Waals surface area contributed by atoms with Gasteiger partial charge >= 0.3 is 0 Å². The molecular weight excluding hydrogens is 272 g/mol. The summed E-state index contributed by atoms with van der Waals surface area (Å²) in [5.74, 6) is -0.371. The molecule has 1 aromatic carbocycles. The number of anilines is 1. The topological polar surface area (TPSA) is 62.1 Å². The molecular formula is C11H11BrN2O2. The third-order valence-electron chi connectivity index (χ3n) is 2.01. The van der Waals surface area contributed by atoms with Gasteiger partial charge in [-0.2, -0.15) is 5.26 Å². The molecule has 0 aromatic heterocycles. The highest BCUT2D eigenvalue weighted by Crippen LogP contribution is 2.27. The molecule has 1 N–H and O–H groups in total. The van der Waals surface area contributed by atoms with Crippen molar-refractivity contribution in [3.05, 3.63) is 22.7 Å². The number of halogens is 1. The molecule has 0 aliphatic heterocycles. The van der Waals surface area contributed by atoms with Gasteiger partial charge in [0.05, 0.1) is 17.7 Å². The van der Waals surface area contributed by atoms with E-state index in [1.165, 1.54) is 0 Å². The fourth-order valence-corrected chi connectivity index (χ4v) is 1.46. The van der Waals surface area contributed by atoms with Crippen LogP contribution >= 0.6 is 15.9 Å². The summed E-state index contributed by atoms with van der Waals surface area (Å²) in [6.07, 6.45) is 0. The molecule has 0 saturated heterocycles. The number of carbonyl (C=O) groups is 1. The first kappa shape index (κ1) is 12.5. The molecule has 16 heavy (non-hydrogen) atoms. The number of nitriles is 1. The molecule has 0 bridgehead atoms. The molecule has 1 aromatic rings. The largest absolute Gasteiger partial charge is 0.495 e.